The minimum atomic E-state index is -1.20. The molecule has 2 N–H and O–H groups in total. The van der Waals surface area contributed by atoms with Crippen LogP contribution >= 0.6 is 23.4 Å². The van der Waals surface area contributed by atoms with Crippen LogP contribution in [0.2, 0.25) is 5.02 Å². The Kier molecular flexibility index (Phi) is 7.08. The summed E-state index contributed by atoms with van der Waals surface area (Å²) in [4.78, 5) is 12.2. The SMILES string of the molecule is CO[C@@H]1[C@@H](N=[N+]=[N-])[C@@H](O)[C@@H](CO)O[C@@H]1Sc1cc(Cl)cnc1-c1ccccn1. The van der Waals surface area contributed by atoms with Gasteiger partial charge in [-0.3, -0.25) is 9.97 Å². The van der Waals surface area contributed by atoms with E-state index in [1.54, 1.807) is 18.3 Å². The van der Waals surface area contributed by atoms with Crippen LogP contribution < -0.4 is 0 Å². The molecule has 1 aliphatic heterocycles. The first-order chi connectivity index (χ1) is 13.6. The van der Waals surface area contributed by atoms with Gasteiger partial charge in [-0.2, -0.15) is 0 Å². The number of ether oxygens (including phenoxy) is 2. The largest absolute Gasteiger partial charge is 0.394 e. The van der Waals surface area contributed by atoms with E-state index in [1.165, 1.54) is 25.1 Å². The van der Waals surface area contributed by atoms with E-state index >= 15 is 0 Å². The quantitative estimate of drug-likeness (QED) is 0.414. The van der Waals surface area contributed by atoms with Gasteiger partial charge < -0.3 is 19.7 Å². The molecule has 0 aliphatic carbocycles. The van der Waals surface area contributed by atoms with E-state index in [2.05, 4.69) is 20.0 Å². The highest BCUT2D eigenvalue weighted by molar-refractivity contribution is 8.00. The Hall–Kier alpha value is -1.91. The standard InChI is InChI=1S/C17H18ClN5O4S/c1-26-16-14(22-23-19)15(25)11(8-24)27-17(16)28-12-6-9(18)7-21-13(12)10-4-2-3-5-20-10/h2-7,11,14-17,24-25H,8H2,1H3/t11-,14+,15+,16-,17-/m1/s1. The summed E-state index contributed by atoms with van der Waals surface area (Å²) in [7, 11) is 1.43. The number of hydrogen-bond acceptors (Lipinski definition) is 8. The van der Waals surface area contributed by atoms with Gasteiger partial charge >= 0.3 is 0 Å². The molecule has 0 amide bonds. The van der Waals surface area contributed by atoms with Crippen molar-refractivity contribution in [1.82, 2.24) is 9.97 Å². The van der Waals surface area contributed by atoms with Gasteiger partial charge in [0.25, 0.3) is 0 Å². The number of thioether (sulfide) groups is 1. The van der Waals surface area contributed by atoms with Crippen molar-refractivity contribution in [2.24, 2.45) is 5.11 Å². The summed E-state index contributed by atoms with van der Waals surface area (Å²) in [5.41, 5.74) is 9.42. The molecule has 0 bridgehead atoms. The van der Waals surface area contributed by atoms with Gasteiger partial charge in [0.1, 0.15) is 23.3 Å². The molecule has 0 radical (unpaired) electrons. The third-order valence-electron chi connectivity index (χ3n) is 4.25. The molecule has 0 saturated carbocycles. The predicted molar refractivity (Wildman–Crippen MR) is 104 cm³/mol. The lowest BCUT2D eigenvalue weighted by molar-refractivity contribution is -0.167. The lowest BCUT2D eigenvalue weighted by Gasteiger charge is -2.41. The molecule has 2 aromatic heterocycles. The number of pyridine rings is 2. The molecule has 9 nitrogen and oxygen atoms in total. The molecule has 5 atom stereocenters. The van der Waals surface area contributed by atoms with Crippen molar-refractivity contribution in [3.05, 3.63) is 52.1 Å². The van der Waals surface area contributed by atoms with Crippen molar-refractivity contribution in [3.8, 4) is 11.4 Å². The van der Waals surface area contributed by atoms with Crippen LogP contribution in [-0.2, 0) is 9.47 Å². The fourth-order valence-electron chi connectivity index (χ4n) is 2.93. The Bertz CT molecular complexity index is 855. The summed E-state index contributed by atoms with van der Waals surface area (Å²) in [6, 6.07) is 6.26. The summed E-state index contributed by atoms with van der Waals surface area (Å²) in [6.45, 7) is -0.437. The monoisotopic (exact) mass is 423 g/mol. The van der Waals surface area contributed by atoms with Crippen molar-refractivity contribution in [2.45, 2.75) is 34.7 Å². The fraction of sp³-hybridized carbons (Fsp3) is 0.412. The van der Waals surface area contributed by atoms with Gasteiger partial charge in [0, 0.05) is 29.3 Å². The molecule has 2 aromatic rings. The van der Waals surface area contributed by atoms with Gasteiger partial charge in [0.05, 0.1) is 29.5 Å². The van der Waals surface area contributed by atoms with Gasteiger partial charge in [-0.25, -0.2) is 0 Å². The molecule has 0 unspecified atom stereocenters. The second-order valence-electron chi connectivity index (χ2n) is 5.95. The lowest BCUT2D eigenvalue weighted by atomic mass is 9.98. The number of azide groups is 1. The van der Waals surface area contributed by atoms with E-state index in [0.717, 1.165) is 0 Å². The molecule has 0 spiro atoms. The Morgan fingerprint density at radius 1 is 1.43 bits per heavy atom. The second-order valence-corrected chi connectivity index (χ2v) is 7.52. The number of aliphatic hydroxyl groups excluding tert-OH is 2. The highest BCUT2D eigenvalue weighted by atomic mass is 35.5. The molecular formula is C17H18ClN5O4S. The zero-order chi connectivity index (χ0) is 20.1. The van der Waals surface area contributed by atoms with Gasteiger partial charge in [-0.05, 0) is 23.7 Å². The maximum absolute atomic E-state index is 10.3. The number of aliphatic hydroxyl groups is 2. The van der Waals surface area contributed by atoms with Crippen LogP contribution in [0, 0.1) is 0 Å². The van der Waals surface area contributed by atoms with Crippen LogP contribution in [0.5, 0.6) is 0 Å². The lowest BCUT2D eigenvalue weighted by Crippen LogP contribution is -2.57. The zero-order valence-electron chi connectivity index (χ0n) is 14.8. The normalized spacial score (nSPS) is 27.2. The zero-order valence-corrected chi connectivity index (χ0v) is 16.4. The van der Waals surface area contributed by atoms with E-state index in [-0.39, 0.29) is 0 Å². The molecule has 1 fully saturated rings. The van der Waals surface area contributed by atoms with Gasteiger partial charge in [-0.1, -0.05) is 34.5 Å². The van der Waals surface area contributed by atoms with E-state index in [4.69, 9.17) is 26.6 Å². The van der Waals surface area contributed by atoms with Gasteiger partial charge in [-0.15, -0.1) is 0 Å². The predicted octanol–water partition coefficient (Wildman–Crippen LogP) is 2.66. The van der Waals surface area contributed by atoms with Crippen LogP contribution in [0.1, 0.15) is 0 Å². The van der Waals surface area contributed by atoms with Crippen molar-refractivity contribution in [1.29, 1.82) is 0 Å². The summed E-state index contributed by atoms with van der Waals surface area (Å²) in [5.74, 6) is 0. The maximum atomic E-state index is 10.3. The molecule has 28 heavy (non-hydrogen) atoms. The molecule has 3 rings (SSSR count). The van der Waals surface area contributed by atoms with Crippen LogP contribution in [-0.4, -0.2) is 63.7 Å². The van der Waals surface area contributed by atoms with Crippen molar-refractivity contribution < 1.29 is 19.7 Å². The Morgan fingerprint density at radius 3 is 2.89 bits per heavy atom. The van der Waals surface area contributed by atoms with Crippen molar-refractivity contribution in [2.75, 3.05) is 13.7 Å². The van der Waals surface area contributed by atoms with Crippen molar-refractivity contribution in [3.63, 3.8) is 0 Å². The minimum absolute atomic E-state index is 0.428. The molecule has 11 heteroatoms. The molecule has 3 heterocycles. The van der Waals surface area contributed by atoms with Crippen LogP contribution in [0.4, 0.5) is 0 Å². The number of halogens is 1. The van der Waals surface area contributed by atoms with Crippen LogP contribution in [0.3, 0.4) is 0 Å². The molecule has 1 aliphatic rings. The topological polar surface area (TPSA) is 133 Å². The first kappa shape index (κ1) is 20.8. The summed E-state index contributed by atoms with van der Waals surface area (Å²) in [6.07, 6.45) is 0.300. The van der Waals surface area contributed by atoms with Gasteiger partial charge in [0.15, 0.2) is 0 Å². The summed E-state index contributed by atoms with van der Waals surface area (Å²) < 4.78 is 11.3. The molecule has 0 aromatic carbocycles. The average Bonchev–Trinajstić information content (AvgIpc) is 2.71. The maximum Gasteiger partial charge on any atom is 0.135 e. The molecular weight excluding hydrogens is 406 g/mol. The van der Waals surface area contributed by atoms with Crippen molar-refractivity contribution >= 4 is 23.4 Å². The Morgan fingerprint density at radius 2 is 2.25 bits per heavy atom. The summed E-state index contributed by atoms with van der Waals surface area (Å²) >= 11 is 7.38. The smallest absolute Gasteiger partial charge is 0.135 e. The average molecular weight is 424 g/mol. The Balaban J connectivity index is 1.97. The van der Waals surface area contributed by atoms with E-state index < -0.39 is 36.4 Å². The van der Waals surface area contributed by atoms with Crippen LogP contribution in [0.15, 0.2) is 46.7 Å². The van der Waals surface area contributed by atoms with E-state index in [1.807, 2.05) is 12.1 Å². The molecule has 148 valence electrons. The van der Waals surface area contributed by atoms with Gasteiger partial charge in [0.2, 0.25) is 0 Å². The number of nitrogens with zero attached hydrogens (tertiary/aromatic N) is 5. The molecule has 1 saturated heterocycles. The van der Waals surface area contributed by atoms with E-state index in [9.17, 15) is 10.2 Å². The number of aromatic nitrogens is 2. The first-order valence-corrected chi connectivity index (χ1v) is 9.59. The van der Waals surface area contributed by atoms with E-state index in [0.29, 0.717) is 21.3 Å². The summed E-state index contributed by atoms with van der Waals surface area (Å²) in [5, 5.41) is 24.0. The third-order valence-corrected chi connectivity index (χ3v) is 5.64. The number of hydrogen-bond donors (Lipinski definition) is 2. The first-order valence-electron chi connectivity index (χ1n) is 8.34. The number of methoxy groups -OCH3 is 1. The Labute approximate surface area is 170 Å². The highest BCUT2D eigenvalue weighted by Gasteiger charge is 2.45. The second kappa shape index (κ2) is 9.53. The van der Waals surface area contributed by atoms with Crippen LogP contribution in [0.25, 0.3) is 21.8 Å². The third kappa shape index (κ3) is 4.39. The minimum Gasteiger partial charge on any atom is -0.394 e. The highest BCUT2D eigenvalue weighted by Crippen LogP contribution is 2.39. The number of rotatable bonds is 6. The fourth-order valence-corrected chi connectivity index (χ4v) is 4.47.